The van der Waals surface area contributed by atoms with Crippen molar-refractivity contribution in [3.8, 4) is 0 Å². The highest BCUT2D eigenvalue weighted by molar-refractivity contribution is 5.79. The van der Waals surface area contributed by atoms with Crippen molar-refractivity contribution in [2.24, 2.45) is 5.92 Å². The van der Waals surface area contributed by atoms with Gasteiger partial charge in [-0.05, 0) is 33.6 Å². The third-order valence-corrected chi connectivity index (χ3v) is 5.32. The summed E-state index contributed by atoms with van der Waals surface area (Å²) in [5, 5.41) is 0. The number of rotatable bonds is 2. The second-order valence-electron chi connectivity index (χ2n) is 6.95. The Bertz CT molecular complexity index is 573. The van der Waals surface area contributed by atoms with Crippen molar-refractivity contribution in [3.05, 3.63) is 17.1 Å². The lowest BCUT2D eigenvalue weighted by Crippen LogP contribution is -2.51. The van der Waals surface area contributed by atoms with Crippen LogP contribution < -0.4 is 4.90 Å². The normalized spacial score (nSPS) is 20.0. The van der Waals surface area contributed by atoms with Gasteiger partial charge in [-0.2, -0.15) is 0 Å². The van der Waals surface area contributed by atoms with Gasteiger partial charge in [0.05, 0.1) is 0 Å². The van der Waals surface area contributed by atoms with E-state index in [0.717, 1.165) is 61.9 Å². The molecule has 1 aliphatic heterocycles. The van der Waals surface area contributed by atoms with E-state index in [1.165, 1.54) is 19.3 Å². The third kappa shape index (κ3) is 3.48. The Kier molecular flexibility index (Phi) is 4.83. The Morgan fingerprint density at radius 3 is 2.26 bits per heavy atom. The first kappa shape index (κ1) is 16.2. The molecule has 0 atom stereocenters. The van der Waals surface area contributed by atoms with Crippen LogP contribution in [0.25, 0.3) is 0 Å². The van der Waals surface area contributed by atoms with Gasteiger partial charge in [-0.15, -0.1) is 0 Å². The summed E-state index contributed by atoms with van der Waals surface area (Å²) in [4.78, 5) is 26.1. The number of carbonyl (C=O) groups is 1. The van der Waals surface area contributed by atoms with E-state index < -0.39 is 0 Å². The maximum Gasteiger partial charge on any atom is 0.225 e. The molecule has 2 fully saturated rings. The van der Waals surface area contributed by atoms with Crippen LogP contribution in [0.5, 0.6) is 0 Å². The highest BCUT2D eigenvalue weighted by atomic mass is 16.2. The minimum Gasteiger partial charge on any atom is -0.353 e. The molecule has 0 aromatic carbocycles. The molecule has 1 aliphatic carbocycles. The topological polar surface area (TPSA) is 49.3 Å². The van der Waals surface area contributed by atoms with E-state index in [9.17, 15) is 4.79 Å². The zero-order valence-corrected chi connectivity index (χ0v) is 14.6. The summed E-state index contributed by atoms with van der Waals surface area (Å²) >= 11 is 0. The van der Waals surface area contributed by atoms with Crippen LogP contribution in [0.15, 0.2) is 0 Å². The van der Waals surface area contributed by atoms with E-state index in [1.807, 2.05) is 13.8 Å². The fourth-order valence-corrected chi connectivity index (χ4v) is 3.80. The first-order valence-corrected chi connectivity index (χ1v) is 8.92. The molecule has 2 heterocycles. The van der Waals surface area contributed by atoms with Crippen LogP contribution in [0.3, 0.4) is 0 Å². The van der Waals surface area contributed by atoms with Crippen LogP contribution in [-0.2, 0) is 4.79 Å². The number of aromatic nitrogens is 2. The Morgan fingerprint density at radius 2 is 1.61 bits per heavy atom. The van der Waals surface area contributed by atoms with Crippen molar-refractivity contribution in [1.82, 2.24) is 14.9 Å². The van der Waals surface area contributed by atoms with Crippen molar-refractivity contribution in [2.45, 2.75) is 52.9 Å². The molecular formula is C18H28N4O. The lowest BCUT2D eigenvalue weighted by atomic mass is 9.88. The van der Waals surface area contributed by atoms with Gasteiger partial charge < -0.3 is 9.80 Å². The summed E-state index contributed by atoms with van der Waals surface area (Å²) in [7, 11) is 0. The Balaban J connectivity index is 1.63. The predicted octanol–water partition coefficient (Wildman–Crippen LogP) is 2.63. The van der Waals surface area contributed by atoms with Crippen LogP contribution >= 0.6 is 0 Å². The second kappa shape index (κ2) is 6.85. The summed E-state index contributed by atoms with van der Waals surface area (Å²) in [6.45, 7) is 9.44. The van der Waals surface area contributed by atoms with Crippen LogP contribution in [0, 0.1) is 26.7 Å². The van der Waals surface area contributed by atoms with Gasteiger partial charge in [0.25, 0.3) is 0 Å². The quantitative estimate of drug-likeness (QED) is 0.841. The molecule has 0 bridgehead atoms. The second-order valence-corrected chi connectivity index (χ2v) is 6.95. The van der Waals surface area contributed by atoms with E-state index in [1.54, 1.807) is 0 Å². The molecule has 0 unspecified atom stereocenters. The number of piperazine rings is 1. The summed E-state index contributed by atoms with van der Waals surface area (Å²) in [6, 6.07) is 0. The number of aryl methyl sites for hydroxylation is 2. The lowest BCUT2D eigenvalue weighted by Gasteiger charge is -2.38. The smallest absolute Gasteiger partial charge is 0.225 e. The Hall–Kier alpha value is -1.65. The van der Waals surface area contributed by atoms with Crippen molar-refractivity contribution >= 4 is 11.7 Å². The summed E-state index contributed by atoms with van der Waals surface area (Å²) in [5.41, 5.74) is 2.20. The lowest BCUT2D eigenvalue weighted by molar-refractivity contribution is -0.136. The van der Waals surface area contributed by atoms with Gasteiger partial charge in [0.1, 0.15) is 11.6 Å². The van der Waals surface area contributed by atoms with Crippen LogP contribution in [0.4, 0.5) is 5.82 Å². The van der Waals surface area contributed by atoms with E-state index in [2.05, 4.69) is 26.7 Å². The molecule has 0 N–H and O–H groups in total. The fraction of sp³-hybridized carbons (Fsp3) is 0.722. The summed E-state index contributed by atoms with van der Waals surface area (Å²) in [6.07, 6.45) is 5.90. The largest absolute Gasteiger partial charge is 0.353 e. The van der Waals surface area contributed by atoms with E-state index in [4.69, 9.17) is 0 Å². The minimum atomic E-state index is 0.278. The minimum absolute atomic E-state index is 0.278. The molecule has 5 heteroatoms. The zero-order valence-electron chi connectivity index (χ0n) is 14.6. The number of nitrogens with zero attached hydrogens (tertiary/aromatic N) is 4. The van der Waals surface area contributed by atoms with Crippen molar-refractivity contribution < 1.29 is 4.79 Å². The molecule has 1 aromatic rings. The van der Waals surface area contributed by atoms with Crippen molar-refractivity contribution in [2.75, 3.05) is 31.1 Å². The zero-order chi connectivity index (χ0) is 16.4. The monoisotopic (exact) mass is 316 g/mol. The molecule has 0 spiro atoms. The SMILES string of the molecule is Cc1nc(C)c(C)c(N2CCN(C(=O)C3CCCCC3)CC2)n1. The number of hydrogen-bond donors (Lipinski definition) is 0. The van der Waals surface area contributed by atoms with E-state index in [0.29, 0.717) is 5.91 Å². The third-order valence-electron chi connectivity index (χ3n) is 5.32. The molecule has 2 aliphatic rings. The highest BCUT2D eigenvalue weighted by Gasteiger charge is 2.29. The van der Waals surface area contributed by atoms with Gasteiger partial charge in [0.2, 0.25) is 5.91 Å². The highest BCUT2D eigenvalue weighted by Crippen LogP contribution is 2.27. The number of amides is 1. The summed E-state index contributed by atoms with van der Waals surface area (Å²) in [5.74, 6) is 2.53. The fourth-order valence-electron chi connectivity index (χ4n) is 3.80. The number of anilines is 1. The maximum absolute atomic E-state index is 12.7. The average Bonchev–Trinajstić information content (AvgIpc) is 2.58. The van der Waals surface area contributed by atoms with E-state index in [-0.39, 0.29) is 5.92 Å². The first-order valence-electron chi connectivity index (χ1n) is 8.92. The first-order chi connectivity index (χ1) is 11.1. The number of carbonyl (C=O) groups excluding carboxylic acids is 1. The van der Waals surface area contributed by atoms with Gasteiger partial charge in [0.15, 0.2) is 0 Å². The van der Waals surface area contributed by atoms with Gasteiger partial charge in [-0.3, -0.25) is 4.79 Å². The Labute approximate surface area is 139 Å². The predicted molar refractivity (Wildman–Crippen MR) is 91.6 cm³/mol. The molecular weight excluding hydrogens is 288 g/mol. The van der Waals surface area contributed by atoms with Crippen LogP contribution in [-0.4, -0.2) is 47.0 Å². The van der Waals surface area contributed by atoms with Crippen molar-refractivity contribution in [3.63, 3.8) is 0 Å². The Morgan fingerprint density at radius 1 is 0.957 bits per heavy atom. The van der Waals surface area contributed by atoms with Gasteiger partial charge in [-0.1, -0.05) is 19.3 Å². The van der Waals surface area contributed by atoms with E-state index >= 15 is 0 Å². The van der Waals surface area contributed by atoms with Gasteiger partial charge >= 0.3 is 0 Å². The molecule has 1 saturated heterocycles. The standard InChI is InChI=1S/C18H28N4O/c1-13-14(2)19-15(3)20-17(13)21-9-11-22(12-10-21)18(23)16-7-5-4-6-8-16/h16H,4-12H2,1-3H3. The van der Waals surface area contributed by atoms with Crippen LogP contribution in [0.1, 0.15) is 49.2 Å². The van der Waals surface area contributed by atoms with Crippen molar-refractivity contribution in [1.29, 1.82) is 0 Å². The molecule has 23 heavy (non-hydrogen) atoms. The average molecular weight is 316 g/mol. The molecule has 5 nitrogen and oxygen atoms in total. The van der Waals surface area contributed by atoms with Gasteiger partial charge in [-0.25, -0.2) is 9.97 Å². The number of hydrogen-bond acceptors (Lipinski definition) is 4. The molecule has 1 aromatic heterocycles. The van der Waals surface area contributed by atoms with Crippen LogP contribution in [0.2, 0.25) is 0 Å². The molecule has 126 valence electrons. The molecule has 1 amide bonds. The molecule has 1 saturated carbocycles. The molecule has 3 rings (SSSR count). The maximum atomic E-state index is 12.7. The summed E-state index contributed by atoms with van der Waals surface area (Å²) < 4.78 is 0. The molecule has 0 radical (unpaired) electrons. The van der Waals surface area contributed by atoms with Gasteiger partial charge in [0, 0.05) is 43.4 Å².